The average molecular weight is 396 g/mol. The summed E-state index contributed by atoms with van der Waals surface area (Å²) in [5.74, 6) is 1.74. The molecule has 0 spiro atoms. The molecular formula is C19H25NO4S2. The first-order valence-electron chi connectivity index (χ1n) is 8.96. The van der Waals surface area contributed by atoms with E-state index in [1.807, 2.05) is 49.5 Å². The number of carbonyl (C=O) groups is 2. The second kappa shape index (κ2) is 9.15. The third-order valence-electron chi connectivity index (χ3n) is 4.34. The molecule has 26 heavy (non-hydrogen) atoms. The molecule has 2 heterocycles. The number of hydrogen-bond acceptors (Lipinski definition) is 6. The Hall–Kier alpha value is -1.18. The Morgan fingerprint density at radius 3 is 2.35 bits per heavy atom. The number of carbonyl (C=O) groups excluding carboxylic acids is 2. The molecule has 1 amide bonds. The molecule has 0 N–H and O–H groups in total. The van der Waals surface area contributed by atoms with Crippen LogP contribution in [0.5, 0.6) is 0 Å². The maximum absolute atomic E-state index is 12.3. The van der Waals surface area contributed by atoms with Gasteiger partial charge in [0, 0.05) is 13.1 Å². The van der Waals surface area contributed by atoms with Crippen LogP contribution in [-0.2, 0) is 14.3 Å². The van der Waals surface area contributed by atoms with Crippen LogP contribution in [0.15, 0.2) is 24.3 Å². The molecule has 0 unspecified atom stereocenters. The van der Waals surface area contributed by atoms with Crippen molar-refractivity contribution in [3.8, 4) is 0 Å². The Kier molecular flexibility index (Phi) is 6.89. The summed E-state index contributed by atoms with van der Waals surface area (Å²) >= 11 is 3.89. The van der Waals surface area contributed by atoms with Crippen molar-refractivity contribution in [3.05, 3.63) is 35.4 Å². The van der Waals surface area contributed by atoms with Gasteiger partial charge in [0.2, 0.25) is 0 Å². The number of ether oxygens (including phenoxy) is 2. The minimum Gasteiger partial charge on any atom is -0.452 e. The molecule has 2 aliphatic rings. The van der Waals surface area contributed by atoms with Crippen LogP contribution >= 0.6 is 23.5 Å². The van der Waals surface area contributed by atoms with Crippen molar-refractivity contribution >= 4 is 35.4 Å². The van der Waals surface area contributed by atoms with Gasteiger partial charge in [0.05, 0.1) is 22.4 Å². The van der Waals surface area contributed by atoms with Gasteiger partial charge in [0.25, 0.3) is 5.91 Å². The van der Waals surface area contributed by atoms with E-state index in [-0.39, 0.29) is 24.7 Å². The zero-order valence-electron chi connectivity index (χ0n) is 15.2. The van der Waals surface area contributed by atoms with Crippen molar-refractivity contribution in [2.24, 2.45) is 0 Å². The van der Waals surface area contributed by atoms with Gasteiger partial charge >= 0.3 is 5.97 Å². The van der Waals surface area contributed by atoms with Gasteiger partial charge in [0.1, 0.15) is 0 Å². The van der Waals surface area contributed by atoms with E-state index in [0.29, 0.717) is 23.2 Å². The number of hydrogen-bond donors (Lipinski definition) is 0. The highest BCUT2D eigenvalue weighted by Gasteiger charge is 2.26. The Labute approximate surface area is 163 Å². The van der Waals surface area contributed by atoms with Crippen LogP contribution in [0.25, 0.3) is 0 Å². The summed E-state index contributed by atoms with van der Waals surface area (Å²) < 4.78 is 11.3. The molecule has 1 aromatic carbocycles. The Morgan fingerprint density at radius 2 is 1.73 bits per heavy atom. The fourth-order valence-corrected chi connectivity index (χ4v) is 6.03. The monoisotopic (exact) mass is 395 g/mol. The third kappa shape index (κ3) is 5.18. The largest absolute Gasteiger partial charge is 0.452 e. The number of nitrogens with zero attached hydrogens (tertiary/aromatic N) is 1. The van der Waals surface area contributed by atoms with Crippen molar-refractivity contribution in [1.29, 1.82) is 0 Å². The maximum atomic E-state index is 12.3. The molecule has 0 saturated carbocycles. The molecule has 2 saturated heterocycles. The highest BCUT2D eigenvalue weighted by molar-refractivity contribution is 8.16. The Morgan fingerprint density at radius 1 is 1.12 bits per heavy atom. The van der Waals surface area contributed by atoms with Crippen molar-refractivity contribution in [1.82, 2.24) is 4.90 Å². The lowest BCUT2D eigenvalue weighted by Gasteiger charge is -2.35. The molecule has 1 aromatic rings. The molecule has 0 radical (unpaired) electrons. The second-order valence-electron chi connectivity index (χ2n) is 6.68. The van der Waals surface area contributed by atoms with Crippen LogP contribution in [0.2, 0.25) is 0 Å². The van der Waals surface area contributed by atoms with E-state index in [4.69, 9.17) is 9.47 Å². The van der Waals surface area contributed by atoms with Gasteiger partial charge in [-0.1, -0.05) is 12.1 Å². The molecule has 3 rings (SSSR count). The Balaban J connectivity index is 1.50. The van der Waals surface area contributed by atoms with Crippen LogP contribution in [-0.4, -0.2) is 60.2 Å². The molecular weight excluding hydrogens is 370 g/mol. The lowest BCUT2D eigenvalue weighted by molar-refractivity contribution is -0.146. The number of benzene rings is 1. The molecule has 142 valence electrons. The van der Waals surface area contributed by atoms with E-state index in [1.54, 1.807) is 17.0 Å². The van der Waals surface area contributed by atoms with E-state index < -0.39 is 5.97 Å². The van der Waals surface area contributed by atoms with E-state index in [9.17, 15) is 9.59 Å². The predicted octanol–water partition coefficient (Wildman–Crippen LogP) is 3.35. The number of esters is 1. The van der Waals surface area contributed by atoms with E-state index in [0.717, 1.165) is 0 Å². The zero-order chi connectivity index (χ0) is 18.5. The predicted molar refractivity (Wildman–Crippen MR) is 106 cm³/mol. The summed E-state index contributed by atoms with van der Waals surface area (Å²) in [4.78, 5) is 26.2. The van der Waals surface area contributed by atoms with E-state index in [2.05, 4.69) is 0 Å². The summed E-state index contributed by atoms with van der Waals surface area (Å²) in [5.41, 5.74) is 1.71. The normalized spacial score (nSPS) is 24.3. The molecule has 2 fully saturated rings. The number of morpholine rings is 1. The molecule has 0 aliphatic carbocycles. The van der Waals surface area contributed by atoms with E-state index in [1.165, 1.54) is 23.5 Å². The summed E-state index contributed by atoms with van der Waals surface area (Å²) in [6.45, 7) is 4.71. The van der Waals surface area contributed by atoms with Crippen LogP contribution in [0.3, 0.4) is 0 Å². The van der Waals surface area contributed by atoms with Gasteiger partial charge in [-0.25, -0.2) is 4.79 Å². The molecule has 5 nitrogen and oxygen atoms in total. The van der Waals surface area contributed by atoms with Crippen molar-refractivity contribution in [2.45, 2.75) is 37.1 Å². The van der Waals surface area contributed by atoms with E-state index >= 15 is 0 Å². The average Bonchev–Trinajstić information content (AvgIpc) is 2.66. The highest BCUT2D eigenvalue weighted by Crippen LogP contribution is 2.43. The van der Waals surface area contributed by atoms with Crippen LogP contribution < -0.4 is 0 Å². The van der Waals surface area contributed by atoms with Crippen LogP contribution in [0, 0.1) is 0 Å². The first-order valence-corrected chi connectivity index (χ1v) is 11.1. The minimum absolute atomic E-state index is 0.00136. The third-order valence-corrected chi connectivity index (χ3v) is 7.36. The van der Waals surface area contributed by atoms with Gasteiger partial charge in [-0.2, -0.15) is 0 Å². The fraction of sp³-hybridized carbons (Fsp3) is 0.579. The van der Waals surface area contributed by atoms with Gasteiger partial charge in [-0.3, -0.25) is 4.79 Å². The molecule has 2 aliphatic heterocycles. The molecule has 0 bridgehead atoms. The first kappa shape index (κ1) is 19.6. The molecule has 2 atom stereocenters. The Bertz CT molecular complexity index is 621. The summed E-state index contributed by atoms with van der Waals surface area (Å²) in [6.07, 6.45) is 1.26. The zero-order valence-corrected chi connectivity index (χ0v) is 16.8. The summed E-state index contributed by atoms with van der Waals surface area (Å²) in [6, 6.07) is 7.55. The summed E-state index contributed by atoms with van der Waals surface area (Å²) in [5, 5.41) is 0. The maximum Gasteiger partial charge on any atom is 0.338 e. The van der Waals surface area contributed by atoms with Gasteiger partial charge in [0.15, 0.2) is 6.61 Å². The highest BCUT2D eigenvalue weighted by atomic mass is 32.2. The fourth-order valence-electron chi connectivity index (χ4n) is 3.14. The van der Waals surface area contributed by atoms with Gasteiger partial charge in [-0.15, -0.1) is 23.5 Å². The lowest BCUT2D eigenvalue weighted by atomic mass is 10.1. The minimum atomic E-state index is -0.455. The van der Waals surface area contributed by atoms with Crippen molar-refractivity contribution < 1.29 is 19.1 Å². The lowest BCUT2D eigenvalue weighted by Crippen LogP contribution is -2.49. The number of amides is 1. The van der Waals surface area contributed by atoms with Gasteiger partial charge < -0.3 is 14.4 Å². The number of thioether (sulfide) groups is 2. The van der Waals surface area contributed by atoms with Crippen LogP contribution in [0.1, 0.15) is 40.8 Å². The SMILES string of the molecule is C[C@@H]1CN(C(=O)COC(=O)c2ccc(C3SCCCS3)cc2)C[C@H](C)O1. The van der Waals surface area contributed by atoms with Crippen LogP contribution in [0.4, 0.5) is 0 Å². The second-order valence-corrected chi connectivity index (χ2v) is 9.41. The smallest absolute Gasteiger partial charge is 0.338 e. The quantitative estimate of drug-likeness (QED) is 0.729. The first-order chi connectivity index (χ1) is 12.5. The molecule has 0 aromatic heterocycles. The standard InChI is InChI=1S/C19H25NO4S2/c1-13-10-20(11-14(2)24-13)17(21)12-23-18(22)15-4-6-16(7-5-15)19-25-8-3-9-26-19/h4-7,13-14,19H,3,8-12H2,1-2H3/t13-,14+. The van der Waals surface area contributed by atoms with Gasteiger partial charge in [-0.05, 0) is 49.5 Å². The molecule has 7 heteroatoms. The summed E-state index contributed by atoms with van der Waals surface area (Å²) in [7, 11) is 0. The van der Waals surface area contributed by atoms with Crippen molar-refractivity contribution in [3.63, 3.8) is 0 Å². The topological polar surface area (TPSA) is 55.8 Å². The van der Waals surface area contributed by atoms with Crippen molar-refractivity contribution in [2.75, 3.05) is 31.2 Å². The number of rotatable bonds is 4.